The van der Waals surface area contributed by atoms with Crippen LogP contribution in [0.2, 0.25) is 0 Å². The molecule has 2 heterocycles. The molecule has 2 amide bonds. The number of benzene rings is 2. The molecule has 1 aliphatic carbocycles. The first kappa shape index (κ1) is 24.2. The summed E-state index contributed by atoms with van der Waals surface area (Å²) >= 11 is 0. The first-order valence-electron chi connectivity index (χ1n) is 12.5. The van der Waals surface area contributed by atoms with Gasteiger partial charge in [0.25, 0.3) is 5.91 Å². The molecule has 0 aromatic heterocycles. The van der Waals surface area contributed by atoms with Gasteiger partial charge in [0.05, 0.1) is 31.2 Å². The molecule has 0 radical (unpaired) electrons. The van der Waals surface area contributed by atoms with Crippen molar-refractivity contribution in [3.63, 3.8) is 0 Å². The third-order valence-corrected chi connectivity index (χ3v) is 7.87. The molecule has 190 valence electrons. The van der Waals surface area contributed by atoms with E-state index in [9.17, 15) is 19.1 Å². The zero-order valence-electron chi connectivity index (χ0n) is 20.4. The topological polar surface area (TPSA) is 115 Å². The molecule has 0 spiro atoms. The summed E-state index contributed by atoms with van der Waals surface area (Å²) < 4.78 is 19.6. The first-order valence-corrected chi connectivity index (χ1v) is 12.5. The quantitative estimate of drug-likeness (QED) is 0.509. The van der Waals surface area contributed by atoms with Crippen LogP contribution in [-0.2, 0) is 11.2 Å². The Morgan fingerprint density at radius 3 is 2.75 bits per heavy atom. The number of halogens is 1. The number of aliphatic hydroxyl groups excluding tert-OH is 1. The molecule has 3 aliphatic rings. The smallest absolute Gasteiger partial charge is 0.251 e. The maximum Gasteiger partial charge on any atom is 0.251 e. The van der Waals surface area contributed by atoms with E-state index in [1.807, 2.05) is 13.8 Å². The van der Waals surface area contributed by atoms with Crippen molar-refractivity contribution in [3.8, 4) is 5.75 Å². The minimum Gasteiger partial charge on any atom is -0.493 e. The van der Waals surface area contributed by atoms with Gasteiger partial charge in [0.15, 0.2) is 5.96 Å². The van der Waals surface area contributed by atoms with Crippen molar-refractivity contribution in [2.45, 2.75) is 69.7 Å². The van der Waals surface area contributed by atoms with Crippen LogP contribution in [0.3, 0.4) is 0 Å². The Morgan fingerprint density at radius 1 is 1.25 bits per heavy atom. The van der Waals surface area contributed by atoms with Crippen molar-refractivity contribution in [2.75, 3.05) is 6.61 Å². The molecule has 0 unspecified atom stereocenters. The Morgan fingerprint density at radius 2 is 2.03 bits per heavy atom. The van der Waals surface area contributed by atoms with Gasteiger partial charge in [0.1, 0.15) is 11.6 Å². The number of aliphatic hydroxyl groups is 1. The molecular formula is C27H31FN4O4. The molecular weight excluding hydrogens is 463 g/mol. The van der Waals surface area contributed by atoms with Gasteiger partial charge >= 0.3 is 0 Å². The fraction of sp³-hybridized carbons (Fsp3) is 0.444. The van der Waals surface area contributed by atoms with Gasteiger partial charge in [-0.3, -0.25) is 19.9 Å². The van der Waals surface area contributed by atoms with Crippen LogP contribution >= 0.6 is 0 Å². The van der Waals surface area contributed by atoms with Gasteiger partial charge in [0, 0.05) is 29.5 Å². The maximum absolute atomic E-state index is 13.8. The molecule has 4 N–H and O–H groups in total. The number of guanidine groups is 1. The van der Waals surface area contributed by atoms with E-state index in [4.69, 9.17) is 10.1 Å². The van der Waals surface area contributed by atoms with E-state index in [0.717, 1.165) is 18.4 Å². The maximum atomic E-state index is 13.8. The zero-order valence-corrected chi connectivity index (χ0v) is 20.4. The van der Waals surface area contributed by atoms with Gasteiger partial charge < -0.3 is 20.5 Å². The number of carbonyl (C=O) groups excluding carboxylic acids is 2. The van der Waals surface area contributed by atoms with Crippen molar-refractivity contribution >= 4 is 17.8 Å². The SMILES string of the molecule is CCC1(CC)CC(=O)N([C@@H]2CCOc3ccc(C(=O)N[C@@H]4c5cc(F)ccc5C[C@H]4O)cc32)C(=N)N1. The fourth-order valence-corrected chi connectivity index (χ4v) is 5.64. The summed E-state index contributed by atoms with van der Waals surface area (Å²) in [6.07, 6.45) is 1.75. The van der Waals surface area contributed by atoms with Crippen LogP contribution < -0.4 is 15.4 Å². The van der Waals surface area contributed by atoms with Gasteiger partial charge in [-0.05, 0) is 54.3 Å². The number of rotatable bonds is 5. The lowest BCUT2D eigenvalue weighted by Gasteiger charge is -2.45. The van der Waals surface area contributed by atoms with Crippen LogP contribution in [0.25, 0.3) is 0 Å². The van der Waals surface area contributed by atoms with Crippen LogP contribution in [0.1, 0.15) is 78.7 Å². The van der Waals surface area contributed by atoms with E-state index in [1.54, 1.807) is 24.3 Å². The number of ether oxygens (including phenoxy) is 1. The minimum absolute atomic E-state index is 0.0652. The minimum atomic E-state index is -0.852. The summed E-state index contributed by atoms with van der Waals surface area (Å²) in [5, 5.41) is 25.2. The molecule has 0 saturated carbocycles. The zero-order chi connectivity index (χ0) is 25.6. The summed E-state index contributed by atoms with van der Waals surface area (Å²) in [6, 6.07) is 8.18. The molecule has 2 aromatic carbocycles. The Bertz CT molecular complexity index is 1210. The number of nitrogens with zero attached hydrogens (tertiary/aromatic N) is 1. The highest BCUT2D eigenvalue weighted by atomic mass is 19.1. The highest BCUT2D eigenvalue weighted by molar-refractivity contribution is 6.00. The lowest BCUT2D eigenvalue weighted by atomic mass is 9.85. The largest absolute Gasteiger partial charge is 0.493 e. The number of carbonyl (C=O) groups is 2. The summed E-state index contributed by atoms with van der Waals surface area (Å²) in [5.41, 5.74) is 1.95. The van der Waals surface area contributed by atoms with Crippen LogP contribution in [0, 0.1) is 11.2 Å². The number of amides is 2. The molecule has 5 rings (SSSR count). The summed E-state index contributed by atoms with van der Waals surface area (Å²) in [4.78, 5) is 27.9. The predicted octanol–water partition coefficient (Wildman–Crippen LogP) is 3.35. The average Bonchev–Trinajstić information content (AvgIpc) is 3.17. The molecule has 9 heteroatoms. The lowest BCUT2D eigenvalue weighted by molar-refractivity contribution is -0.133. The van der Waals surface area contributed by atoms with Crippen molar-refractivity contribution in [2.24, 2.45) is 0 Å². The third kappa shape index (κ3) is 4.11. The Hall–Kier alpha value is -3.46. The van der Waals surface area contributed by atoms with Gasteiger partial charge in [-0.15, -0.1) is 0 Å². The van der Waals surface area contributed by atoms with Crippen LogP contribution in [-0.4, -0.2) is 46.0 Å². The van der Waals surface area contributed by atoms with E-state index in [0.29, 0.717) is 48.3 Å². The van der Waals surface area contributed by atoms with Gasteiger partial charge in [-0.1, -0.05) is 19.9 Å². The average molecular weight is 495 g/mol. The van der Waals surface area contributed by atoms with E-state index >= 15 is 0 Å². The fourth-order valence-electron chi connectivity index (χ4n) is 5.64. The molecule has 8 nitrogen and oxygen atoms in total. The molecule has 0 bridgehead atoms. The van der Waals surface area contributed by atoms with Crippen LogP contribution in [0.4, 0.5) is 4.39 Å². The molecule has 2 aromatic rings. The monoisotopic (exact) mass is 494 g/mol. The Balaban J connectivity index is 1.41. The third-order valence-electron chi connectivity index (χ3n) is 7.87. The highest BCUT2D eigenvalue weighted by Gasteiger charge is 2.43. The molecule has 36 heavy (non-hydrogen) atoms. The second-order valence-electron chi connectivity index (χ2n) is 9.87. The van der Waals surface area contributed by atoms with Gasteiger partial charge in [-0.2, -0.15) is 0 Å². The van der Waals surface area contributed by atoms with E-state index in [-0.39, 0.29) is 11.9 Å². The molecule has 1 fully saturated rings. The van der Waals surface area contributed by atoms with Crippen LogP contribution in [0.5, 0.6) is 5.75 Å². The van der Waals surface area contributed by atoms with E-state index in [1.165, 1.54) is 17.0 Å². The highest BCUT2D eigenvalue weighted by Crippen LogP contribution is 2.40. The van der Waals surface area contributed by atoms with Crippen molar-refractivity contribution < 1.29 is 23.8 Å². The number of nitrogens with one attached hydrogen (secondary N) is 3. The molecule has 1 saturated heterocycles. The first-order chi connectivity index (χ1) is 17.2. The molecule has 2 aliphatic heterocycles. The normalized spacial score (nSPS) is 24.4. The van der Waals surface area contributed by atoms with Gasteiger partial charge in [0.2, 0.25) is 5.91 Å². The summed E-state index contributed by atoms with van der Waals surface area (Å²) in [5.74, 6) is -0.330. The van der Waals surface area contributed by atoms with Crippen molar-refractivity contribution in [1.29, 1.82) is 5.41 Å². The summed E-state index contributed by atoms with van der Waals surface area (Å²) in [6.45, 7) is 4.41. The van der Waals surface area contributed by atoms with Crippen molar-refractivity contribution in [3.05, 3.63) is 64.5 Å². The summed E-state index contributed by atoms with van der Waals surface area (Å²) in [7, 11) is 0. The van der Waals surface area contributed by atoms with Crippen LogP contribution in [0.15, 0.2) is 36.4 Å². The number of hydrogen-bond donors (Lipinski definition) is 4. The Labute approximate surface area is 209 Å². The second-order valence-corrected chi connectivity index (χ2v) is 9.87. The number of hydrogen-bond acceptors (Lipinski definition) is 5. The van der Waals surface area contributed by atoms with E-state index in [2.05, 4.69) is 10.6 Å². The molecule has 3 atom stereocenters. The Kier molecular flexibility index (Phi) is 6.20. The lowest BCUT2D eigenvalue weighted by Crippen LogP contribution is -2.62. The predicted molar refractivity (Wildman–Crippen MR) is 131 cm³/mol. The van der Waals surface area contributed by atoms with Gasteiger partial charge in [-0.25, -0.2) is 4.39 Å². The standard InChI is InChI=1S/C27H31FN4O4/c1-3-27(4-2)14-23(34)32(26(29)31-27)20-9-10-36-22-8-6-16(11-19(20)22)25(35)30-24-18-13-17(28)7-5-15(18)12-21(24)33/h5-8,11,13,20-21,24,33H,3-4,9-10,12,14H2,1-2H3,(H2,29,31)(H,30,35)/t20-,21-,24-/m1/s1. The van der Waals surface area contributed by atoms with E-state index < -0.39 is 35.5 Å². The number of fused-ring (bicyclic) bond motifs is 2. The second kappa shape index (κ2) is 9.20. The van der Waals surface area contributed by atoms with Crippen molar-refractivity contribution in [1.82, 2.24) is 15.5 Å².